The second-order valence-corrected chi connectivity index (χ2v) is 88.3. The molecule has 2 N–H and O–H groups in total. The molecule has 128 heavy (non-hydrogen) atoms. The molecule has 2 saturated heterocycles. The van der Waals surface area contributed by atoms with Crippen molar-refractivity contribution in [2.24, 2.45) is 35.5 Å². The molecule has 16 atom stereocenters. The Morgan fingerprint density at radius 3 is 0.789 bits per heavy atom. The average molecular weight is 1950 g/mol. The molecule has 2 heterocycles. The molecule has 0 spiro atoms. The van der Waals surface area contributed by atoms with Crippen molar-refractivity contribution < 1.29 is 93.3 Å². The second-order valence-electron chi connectivity index (χ2n) is 50.0. The Bertz CT molecular complexity index is 3460. The van der Waals surface area contributed by atoms with Crippen LogP contribution in [0.5, 0.6) is 11.5 Å². The van der Waals surface area contributed by atoms with Crippen LogP contribution in [0.1, 0.15) is 218 Å². The number of carbonyl (C=O) groups excluding carboxylic acids is 2. The van der Waals surface area contributed by atoms with Crippen LogP contribution in [0.15, 0.2) is 48.5 Å². The summed E-state index contributed by atoms with van der Waals surface area (Å²) in [4.78, 5) is 38.9. The van der Waals surface area contributed by atoms with Crippen LogP contribution in [-0.4, -0.2) is 241 Å². The van der Waals surface area contributed by atoms with Crippen LogP contribution in [0, 0.1) is 35.5 Å². The second kappa shape index (κ2) is 45.3. The minimum absolute atomic E-state index is 0.00195. The minimum atomic E-state index is -2.55. The smallest absolute Gasteiger partial charge is 0.248 e. The number of nitrogens with zero attached hydrogens (tertiary/aromatic N) is 2. The standard InChI is InChI=1S/2C49H97NO10Si4/c2*1-35(31-55-32-36-26-28-37(53-16)29-27-36)43-49(14,58-43)44(60-64(24,25)48(11,12)13)39(34-57-62(20,21)46(5,6)7)42(52)38(33-56-61(18,19)45(2,3)4)40(30-41(51)50(15)54-17)59-63(22,23)47(8,9)10/h2*26-29,35,38-40,42-44,52H,30-34H2,1-25H3/t35-,38-,39-,40?,42-,43+,44-,49+;35-,38-,39-,40-,42-,43+,44-,49+/m00/s1. The molecular formula is C98H194N2O20Si8. The molecule has 0 saturated carbocycles. The third kappa shape index (κ3) is 32.6. The van der Waals surface area contributed by atoms with Crippen molar-refractivity contribution in [3.05, 3.63) is 59.7 Å². The van der Waals surface area contributed by atoms with E-state index >= 15 is 0 Å². The molecule has 2 aromatic carbocycles. The number of amides is 2. The molecule has 748 valence electrons. The monoisotopic (exact) mass is 1940 g/mol. The normalized spacial score (nSPS) is 21.2. The third-order valence-electron chi connectivity index (χ3n) is 31.8. The summed E-state index contributed by atoms with van der Waals surface area (Å²) < 4.78 is 95.7. The lowest BCUT2D eigenvalue weighted by molar-refractivity contribution is -0.173. The van der Waals surface area contributed by atoms with E-state index in [0.717, 1.165) is 22.6 Å². The molecule has 30 heteroatoms. The molecule has 1 unspecified atom stereocenters. The van der Waals surface area contributed by atoms with Crippen molar-refractivity contribution in [1.82, 2.24) is 10.1 Å². The number of epoxide rings is 2. The Kier molecular flexibility index (Phi) is 42.6. The number of hydroxylamine groups is 4. The van der Waals surface area contributed by atoms with E-state index in [9.17, 15) is 19.8 Å². The van der Waals surface area contributed by atoms with Gasteiger partial charge in [0.15, 0.2) is 66.5 Å². The molecule has 2 aliphatic rings. The molecule has 0 radical (unpaired) electrons. The van der Waals surface area contributed by atoms with E-state index < -0.39 is 138 Å². The van der Waals surface area contributed by atoms with Gasteiger partial charge in [0.25, 0.3) is 0 Å². The molecular weight excluding hydrogens is 1750 g/mol. The van der Waals surface area contributed by atoms with Gasteiger partial charge in [-0.15, -0.1) is 0 Å². The van der Waals surface area contributed by atoms with Crippen LogP contribution in [0.25, 0.3) is 0 Å². The molecule has 22 nitrogen and oxygen atoms in total. The first-order valence-electron chi connectivity index (χ1n) is 47.4. The highest BCUT2D eigenvalue weighted by molar-refractivity contribution is 6.77. The number of hydrogen-bond donors (Lipinski definition) is 2. The SMILES string of the molecule is COc1ccc(COC[C@H](C)[C@H]2O[C@@]2(C)[C@@H](O[Si](C)(C)C(C)(C)C)[C@@H](CO[Si](C)(C)C(C)(C)C)[C@@H](O)[C@@H](CO[Si](C)(C)C(C)(C)C)C(CC(=O)N(C)OC)O[Si](C)(C)C(C)(C)C)cc1.COc1ccc(COC[C@H](C)[C@H]2O[C@@]2(C)[C@@H](O[Si](C)(C)C(C)(C)C)[C@@H](CO[Si](C)(C)C(C)(C)C)[C@@H](O)[C@@H](CO[Si](C)(C)C(C)(C)C)[C@H](CC(=O)N(C)OC)O[Si](C)(C)C(C)(C)C)cc1. The summed E-state index contributed by atoms with van der Waals surface area (Å²) in [5.74, 6) is -1.27. The fourth-order valence-corrected chi connectivity index (χ4v) is 23.4. The third-order valence-corrected chi connectivity index (χ3v) is 67.7. The first-order valence-corrected chi connectivity index (χ1v) is 70.7. The van der Waals surface area contributed by atoms with E-state index in [1.807, 2.05) is 48.5 Å². The predicted octanol–water partition coefficient (Wildman–Crippen LogP) is 23.7. The van der Waals surface area contributed by atoms with Crippen LogP contribution in [0.2, 0.25) is 145 Å². The lowest BCUT2D eigenvalue weighted by Crippen LogP contribution is -2.59. The van der Waals surface area contributed by atoms with Crippen LogP contribution in [-0.2, 0) is 86.8 Å². The van der Waals surface area contributed by atoms with E-state index in [1.54, 1.807) is 28.3 Å². The lowest BCUT2D eigenvalue weighted by atomic mass is 9.78. The number of hydrogen-bond acceptors (Lipinski definition) is 20. The number of aliphatic hydroxyl groups excluding tert-OH is 2. The maximum atomic E-state index is 14.0. The molecule has 4 rings (SSSR count). The summed E-state index contributed by atoms with van der Waals surface area (Å²) in [7, 11) is -10.2. The zero-order valence-corrected chi connectivity index (χ0v) is 98.9. The summed E-state index contributed by atoms with van der Waals surface area (Å²) >= 11 is 0. The van der Waals surface area contributed by atoms with Crippen LogP contribution in [0.3, 0.4) is 0 Å². The Balaban J connectivity index is 0.000000660. The Hall–Kier alpha value is -1.92. The van der Waals surface area contributed by atoms with Crippen molar-refractivity contribution in [1.29, 1.82) is 0 Å². The topological polar surface area (TPSA) is 235 Å². The van der Waals surface area contributed by atoms with Gasteiger partial charge in [-0.1, -0.05) is 204 Å². The number of ether oxygens (including phenoxy) is 6. The summed E-state index contributed by atoms with van der Waals surface area (Å²) in [5.41, 5.74) is 0.558. The first-order chi connectivity index (χ1) is 57.4. The minimum Gasteiger partial charge on any atom is -0.497 e. The lowest BCUT2D eigenvalue weighted by Gasteiger charge is -2.48. The van der Waals surface area contributed by atoms with Gasteiger partial charge in [0.05, 0.1) is 117 Å². The van der Waals surface area contributed by atoms with E-state index in [1.165, 1.54) is 24.3 Å². The molecule has 0 aromatic heterocycles. The van der Waals surface area contributed by atoms with Gasteiger partial charge in [0.1, 0.15) is 22.7 Å². The Morgan fingerprint density at radius 1 is 0.359 bits per heavy atom. The molecule has 2 aromatic rings. The highest BCUT2D eigenvalue weighted by atomic mass is 28.4. The van der Waals surface area contributed by atoms with Gasteiger partial charge in [-0.3, -0.25) is 19.3 Å². The molecule has 0 aliphatic carbocycles. The van der Waals surface area contributed by atoms with Crippen LogP contribution < -0.4 is 9.47 Å². The van der Waals surface area contributed by atoms with Crippen molar-refractivity contribution in [3.8, 4) is 11.5 Å². The van der Waals surface area contributed by atoms with Crippen molar-refractivity contribution >= 4 is 78.4 Å². The fraction of sp³-hybridized carbons (Fsp3) is 0.857. The Labute approximate surface area is 790 Å². The maximum Gasteiger partial charge on any atom is 0.248 e. The highest BCUT2D eigenvalue weighted by Gasteiger charge is 2.67. The van der Waals surface area contributed by atoms with Crippen molar-refractivity contribution in [2.75, 3.05) is 82.2 Å². The molecule has 2 aliphatic heterocycles. The highest BCUT2D eigenvalue weighted by Crippen LogP contribution is 2.56. The van der Waals surface area contributed by atoms with Gasteiger partial charge in [0, 0.05) is 76.0 Å². The van der Waals surface area contributed by atoms with E-state index in [0.29, 0.717) is 26.4 Å². The van der Waals surface area contributed by atoms with Crippen molar-refractivity contribution in [2.45, 2.75) is 425 Å². The van der Waals surface area contributed by atoms with Gasteiger partial charge in [-0.25, -0.2) is 10.1 Å². The zero-order chi connectivity index (χ0) is 99.7. The Morgan fingerprint density at radius 2 is 0.578 bits per heavy atom. The zero-order valence-electron chi connectivity index (χ0n) is 90.9. The number of rotatable bonds is 48. The van der Waals surface area contributed by atoms with Gasteiger partial charge < -0.3 is 74.0 Å². The summed E-state index contributed by atoms with van der Waals surface area (Å²) in [6.45, 7) is 101. The molecule has 2 amide bonds. The van der Waals surface area contributed by atoms with Crippen LogP contribution >= 0.6 is 0 Å². The number of methoxy groups -OCH3 is 2. The number of aliphatic hydroxyl groups is 2. The largest absolute Gasteiger partial charge is 0.497 e. The summed E-state index contributed by atoms with van der Waals surface area (Å²) in [5, 5.41) is 28.7. The number of carbonyl (C=O) groups is 2. The fourth-order valence-electron chi connectivity index (χ4n) is 13.7. The van der Waals surface area contributed by atoms with E-state index in [2.05, 4.69) is 299 Å². The molecule has 0 bridgehead atoms. The number of benzene rings is 2. The summed E-state index contributed by atoms with van der Waals surface area (Å²) in [6.07, 6.45) is -5.15. The predicted molar refractivity (Wildman–Crippen MR) is 546 cm³/mol. The van der Waals surface area contributed by atoms with Gasteiger partial charge >= 0.3 is 0 Å². The van der Waals surface area contributed by atoms with Gasteiger partial charge in [-0.2, -0.15) is 0 Å². The van der Waals surface area contributed by atoms with E-state index in [4.69, 9.17) is 73.5 Å². The maximum absolute atomic E-state index is 14.0. The van der Waals surface area contributed by atoms with Crippen molar-refractivity contribution in [3.63, 3.8) is 0 Å². The summed E-state index contributed by atoms with van der Waals surface area (Å²) in [6, 6.07) is 15.9. The van der Waals surface area contributed by atoms with Gasteiger partial charge in [-0.05, 0) is 194 Å². The van der Waals surface area contributed by atoms with Gasteiger partial charge in [0.2, 0.25) is 11.8 Å². The average Bonchev–Trinajstić information content (AvgIpc) is 1.57. The van der Waals surface area contributed by atoms with Crippen LogP contribution in [0.4, 0.5) is 0 Å². The quantitative estimate of drug-likeness (QED) is 0.0356. The molecule has 2 fully saturated rings. The van der Waals surface area contributed by atoms with E-state index in [-0.39, 0.29) is 115 Å². The first kappa shape index (κ1) is 120.